The first-order chi connectivity index (χ1) is 15.1. The molecule has 0 fully saturated rings. The van der Waals surface area contributed by atoms with Crippen molar-refractivity contribution < 1.29 is 24.3 Å². The van der Waals surface area contributed by atoms with Gasteiger partial charge in [0.15, 0.2) is 5.78 Å². The van der Waals surface area contributed by atoms with Gasteiger partial charge in [0.1, 0.15) is 12.1 Å². The van der Waals surface area contributed by atoms with E-state index in [4.69, 9.17) is 0 Å². The zero-order valence-electron chi connectivity index (χ0n) is 18.6. The van der Waals surface area contributed by atoms with Crippen molar-refractivity contribution in [2.45, 2.75) is 46.2 Å². The van der Waals surface area contributed by atoms with Crippen LogP contribution in [0.15, 0.2) is 42.5 Å². The van der Waals surface area contributed by atoms with E-state index in [1.807, 2.05) is 19.9 Å². The van der Waals surface area contributed by atoms with Crippen molar-refractivity contribution in [3.05, 3.63) is 59.2 Å². The molecule has 1 aliphatic carbocycles. The lowest BCUT2D eigenvalue weighted by Crippen LogP contribution is -2.53. The lowest BCUT2D eigenvalue weighted by molar-refractivity contribution is -0.143. The molecule has 2 aromatic rings. The molecule has 0 aliphatic heterocycles. The van der Waals surface area contributed by atoms with Gasteiger partial charge in [0.05, 0.1) is 0 Å². The van der Waals surface area contributed by atoms with Gasteiger partial charge in [-0.05, 0) is 29.9 Å². The van der Waals surface area contributed by atoms with Crippen LogP contribution in [0.1, 0.15) is 60.4 Å². The highest BCUT2D eigenvalue weighted by Gasteiger charge is 2.33. The van der Waals surface area contributed by atoms with Crippen LogP contribution in [0.2, 0.25) is 0 Å². The molecule has 0 aromatic heterocycles. The molecule has 2 atom stereocenters. The van der Waals surface area contributed by atoms with Gasteiger partial charge in [-0.25, -0.2) is 4.79 Å². The largest absolute Gasteiger partial charge is 0.480 e. The van der Waals surface area contributed by atoms with Crippen molar-refractivity contribution in [3.63, 3.8) is 0 Å². The van der Waals surface area contributed by atoms with Gasteiger partial charge in [-0.3, -0.25) is 14.4 Å². The number of hydrogen-bond donors (Lipinski definition) is 3. The van der Waals surface area contributed by atoms with Crippen LogP contribution in [0.3, 0.4) is 0 Å². The average molecular weight is 437 g/mol. The Balaban J connectivity index is 1.90. The minimum absolute atomic E-state index is 0.0807. The van der Waals surface area contributed by atoms with E-state index in [0.29, 0.717) is 34.2 Å². The summed E-state index contributed by atoms with van der Waals surface area (Å²) >= 11 is 0. The number of benzene rings is 2. The molecular formula is C25H28N2O5. The fraction of sp³-hybridized carbons (Fsp3) is 0.360. The zero-order chi connectivity index (χ0) is 23.6. The van der Waals surface area contributed by atoms with E-state index in [0.717, 1.165) is 0 Å². The van der Waals surface area contributed by atoms with Crippen molar-refractivity contribution in [2.75, 3.05) is 0 Å². The number of rotatable bonds is 8. The molecular weight excluding hydrogens is 408 g/mol. The first kappa shape index (κ1) is 23.2. The van der Waals surface area contributed by atoms with E-state index in [1.165, 1.54) is 0 Å². The Kier molecular flexibility index (Phi) is 6.77. The van der Waals surface area contributed by atoms with Gasteiger partial charge < -0.3 is 15.7 Å². The van der Waals surface area contributed by atoms with Crippen LogP contribution in [0.5, 0.6) is 0 Å². The number of ketones is 1. The van der Waals surface area contributed by atoms with Crippen LogP contribution in [0.25, 0.3) is 11.1 Å². The number of nitrogens with one attached hydrogen (secondary N) is 2. The van der Waals surface area contributed by atoms with E-state index in [1.54, 1.807) is 50.2 Å². The third-order valence-corrected chi connectivity index (χ3v) is 5.55. The molecule has 0 unspecified atom stereocenters. The molecule has 0 bridgehead atoms. The Hall–Kier alpha value is -3.48. The summed E-state index contributed by atoms with van der Waals surface area (Å²) in [6.07, 6.45) is 0.340. The molecule has 168 valence electrons. The van der Waals surface area contributed by atoms with Gasteiger partial charge >= 0.3 is 5.97 Å². The van der Waals surface area contributed by atoms with E-state index in [-0.39, 0.29) is 17.6 Å². The predicted octanol–water partition coefficient (Wildman–Crippen LogP) is 3.27. The second-order valence-corrected chi connectivity index (χ2v) is 8.83. The Bertz CT molecular complexity index is 1070. The Morgan fingerprint density at radius 2 is 1.50 bits per heavy atom. The van der Waals surface area contributed by atoms with E-state index in [9.17, 15) is 24.3 Å². The number of carboxylic acids is 1. The molecule has 0 saturated heterocycles. The number of carboxylic acid groups (broad SMARTS) is 1. The quantitative estimate of drug-likeness (QED) is 0.502. The SMILES string of the molecule is CC(C)C[C@H](NC(=O)c1cccc2c1-c1ccccc1C2=O)C(=O)N[C@H](C(=O)O)C(C)C. The minimum atomic E-state index is -1.13. The average Bonchev–Trinajstić information content (AvgIpc) is 3.03. The Labute approximate surface area is 187 Å². The topological polar surface area (TPSA) is 113 Å². The standard InChI is InChI=1S/C25H28N2O5/c1-13(2)12-19(24(30)27-21(14(3)4)25(31)32)26-23(29)18-11-7-10-17-20(18)15-8-5-6-9-16(15)22(17)28/h5-11,13-14,19,21H,12H2,1-4H3,(H,26,29)(H,27,30)(H,31,32)/t19-,21-/m0/s1. The highest BCUT2D eigenvalue weighted by atomic mass is 16.4. The number of aliphatic carboxylic acids is 1. The summed E-state index contributed by atoms with van der Waals surface area (Å²) < 4.78 is 0. The molecule has 7 nitrogen and oxygen atoms in total. The third-order valence-electron chi connectivity index (χ3n) is 5.55. The number of hydrogen-bond acceptors (Lipinski definition) is 4. The Morgan fingerprint density at radius 1 is 0.875 bits per heavy atom. The maximum absolute atomic E-state index is 13.3. The van der Waals surface area contributed by atoms with Crippen molar-refractivity contribution in [3.8, 4) is 11.1 Å². The molecule has 32 heavy (non-hydrogen) atoms. The monoisotopic (exact) mass is 436 g/mol. The van der Waals surface area contributed by atoms with Crippen LogP contribution < -0.4 is 10.6 Å². The summed E-state index contributed by atoms with van der Waals surface area (Å²) in [5, 5.41) is 14.7. The smallest absolute Gasteiger partial charge is 0.326 e. The first-order valence-corrected chi connectivity index (χ1v) is 10.7. The van der Waals surface area contributed by atoms with Crippen molar-refractivity contribution in [1.29, 1.82) is 0 Å². The molecule has 0 spiro atoms. The van der Waals surface area contributed by atoms with Crippen LogP contribution in [-0.4, -0.2) is 40.8 Å². The first-order valence-electron chi connectivity index (χ1n) is 10.7. The highest BCUT2D eigenvalue weighted by Crippen LogP contribution is 2.38. The van der Waals surface area contributed by atoms with E-state index >= 15 is 0 Å². The highest BCUT2D eigenvalue weighted by molar-refractivity contribution is 6.24. The second kappa shape index (κ2) is 9.34. The van der Waals surface area contributed by atoms with Crippen molar-refractivity contribution >= 4 is 23.6 Å². The molecule has 0 radical (unpaired) electrons. The van der Waals surface area contributed by atoms with E-state index in [2.05, 4.69) is 10.6 Å². The summed E-state index contributed by atoms with van der Waals surface area (Å²) in [6.45, 7) is 7.24. The van der Waals surface area contributed by atoms with Gasteiger partial charge in [-0.15, -0.1) is 0 Å². The van der Waals surface area contributed by atoms with Crippen molar-refractivity contribution in [1.82, 2.24) is 10.6 Å². The predicted molar refractivity (Wildman–Crippen MR) is 120 cm³/mol. The summed E-state index contributed by atoms with van der Waals surface area (Å²) in [5.41, 5.74) is 2.55. The molecule has 3 rings (SSSR count). The molecule has 7 heteroatoms. The number of carbonyl (C=O) groups is 4. The van der Waals surface area contributed by atoms with Crippen LogP contribution in [0.4, 0.5) is 0 Å². The van der Waals surface area contributed by atoms with Gasteiger partial charge in [-0.1, -0.05) is 64.1 Å². The van der Waals surface area contributed by atoms with Crippen LogP contribution in [0, 0.1) is 11.8 Å². The molecule has 3 N–H and O–H groups in total. The van der Waals surface area contributed by atoms with Gasteiger partial charge in [0.2, 0.25) is 5.91 Å². The molecule has 2 aromatic carbocycles. The molecule has 2 amide bonds. The van der Waals surface area contributed by atoms with Crippen LogP contribution >= 0.6 is 0 Å². The lowest BCUT2D eigenvalue weighted by Gasteiger charge is -2.24. The normalized spacial score (nSPS) is 14.0. The van der Waals surface area contributed by atoms with Gasteiger partial charge in [0, 0.05) is 22.3 Å². The number of carbonyl (C=O) groups excluding carboxylic acids is 3. The Morgan fingerprint density at radius 3 is 2.09 bits per heavy atom. The molecule has 1 aliphatic rings. The van der Waals surface area contributed by atoms with Crippen LogP contribution in [-0.2, 0) is 9.59 Å². The molecule has 0 saturated carbocycles. The van der Waals surface area contributed by atoms with Gasteiger partial charge in [0.25, 0.3) is 5.91 Å². The summed E-state index contributed by atoms with van der Waals surface area (Å²) in [5.74, 6) is -2.52. The van der Waals surface area contributed by atoms with Crippen molar-refractivity contribution in [2.24, 2.45) is 11.8 Å². The maximum Gasteiger partial charge on any atom is 0.326 e. The number of fused-ring (bicyclic) bond motifs is 3. The third kappa shape index (κ3) is 4.56. The zero-order valence-corrected chi connectivity index (χ0v) is 18.6. The van der Waals surface area contributed by atoms with E-state index < -0.39 is 29.9 Å². The van der Waals surface area contributed by atoms with Gasteiger partial charge in [-0.2, -0.15) is 0 Å². The second-order valence-electron chi connectivity index (χ2n) is 8.83. The lowest BCUT2D eigenvalue weighted by atomic mass is 9.97. The summed E-state index contributed by atoms with van der Waals surface area (Å²) in [6, 6.07) is 10.1. The number of amides is 2. The summed E-state index contributed by atoms with van der Waals surface area (Å²) in [4.78, 5) is 50.4. The fourth-order valence-corrected chi connectivity index (χ4v) is 3.97. The molecule has 0 heterocycles. The summed E-state index contributed by atoms with van der Waals surface area (Å²) in [7, 11) is 0. The fourth-order valence-electron chi connectivity index (χ4n) is 3.97. The minimum Gasteiger partial charge on any atom is -0.480 e. The maximum atomic E-state index is 13.3.